The first-order valence-electron chi connectivity index (χ1n) is 6.97. The number of hydrogen-bond donors (Lipinski definition) is 0. The highest BCUT2D eigenvalue weighted by Gasteiger charge is 2.36. The molecule has 0 atom stereocenters. The third-order valence-electron chi connectivity index (χ3n) is 3.75. The van der Waals surface area contributed by atoms with Gasteiger partial charge in [0.25, 0.3) is 0 Å². The maximum Gasteiger partial charge on any atom is 0.195 e. The molecule has 0 bridgehead atoms. The van der Waals surface area contributed by atoms with Gasteiger partial charge in [0.05, 0.1) is 0 Å². The van der Waals surface area contributed by atoms with Crippen molar-refractivity contribution in [3.05, 3.63) is 0 Å². The lowest BCUT2D eigenvalue weighted by atomic mass is 9.67. The Bertz CT molecular complexity index is 266. The van der Waals surface area contributed by atoms with E-state index in [0.29, 0.717) is 5.41 Å². The Labute approximate surface area is 135 Å². The number of rotatable bonds is 6. The smallest absolute Gasteiger partial charge is 0.195 e. The number of nitrogens with zero attached hydrogens (tertiary/aromatic N) is 3. The Morgan fingerprint density at radius 1 is 1.16 bits per heavy atom. The molecule has 4 nitrogen and oxygen atoms in total. The van der Waals surface area contributed by atoms with Crippen molar-refractivity contribution in [2.75, 3.05) is 47.9 Å². The minimum absolute atomic E-state index is 0. The van der Waals surface area contributed by atoms with Gasteiger partial charge in [-0.1, -0.05) is 6.42 Å². The summed E-state index contributed by atoms with van der Waals surface area (Å²) in [6.07, 6.45) is 5.11. The molecule has 5 heteroatoms. The average molecular weight is 383 g/mol. The van der Waals surface area contributed by atoms with Crippen LogP contribution in [0.15, 0.2) is 4.99 Å². The van der Waals surface area contributed by atoms with Crippen LogP contribution in [0, 0.1) is 5.41 Å². The minimum Gasteiger partial charge on any atom is -0.382 e. The van der Waals surface area contributed by atoms with Gasteiger partial charge in [0.1, 0.15) is 0 Å². The van der Waals surface area contributed by atoms with Gasteiger partial charge in [-0.05, 0) is 31.6 Å². The Balaban J connectivity index is 0.00000324. The molecule has 1 aliphatic rings. The van der Waals surface area contributed by atoms with E-state index in [2.05, 4.69) is 16.7 Å². The first kappa shape index (κ1) is 19.0. The molecular weight excluding hydrogens is 353 g/mol. The van der Waals surface area contributed by atoms with E-state index in [1.54, 1.807) is 0 Å². The molecule has 0 radical (unpaired) electrons. The first-order valence-corrected chi connectivity index (χ1v) is 6.97. The molecule has 0 heterocycles. The predicted molar refractivity (Wildman–Crippen MR) is 92.5 cm³/mol. The summed E-state index contributed by atoms with van der Waals surface area (Å²) >= 11 is 0. The van der Waals surface area contributed by atoms with Gasteiger partial charge in [-0.15, -0.1) is 24.0 Å². The van der Waals surface area contributed by atoms with Crippen LogP contribution in [0.5, 0.6) is 0 Å². The van der Waals surface area contributed by atoms with Gasteiger partial charge in [0.15, 0.2) is 5.96 Å². The van der Waals surface area contributed by atoms with Gasteiger partial charge in [0, 0.05) is 47.9 Å². The predicted octanol–water partition coefficient (Wildman–Crippen LogP) is 2.68. The summed E-state index contributed by atoms with van der Waals surface area (Å²) in [6.45, 7) is 4.69. The molecule has 0 N–H and O–H groups in total. The highest BCUT2D eigenvalue weighted by Crippen LogP contribution is 2.44. The van der Waals surface area contributed by atoms with Crippen LogP contribution in [-0.2, 0) is 4.74 Å². The van der Waals surface area contributed by atoms with Gasteiger partial charge >= 0.3 is 0 Å². The van der Waals surface area contributed by atoms with Crippen molar-refractivity contribution < 1.29 is 4.74 Å². The number of aliphatic imine (C=N–C) groups is 1. The summed E-state index contributed by atoms with van der Waals surface area (Å²) in [7, 11) is 8.19. The zero-order chi connectivity index (χ0) is 13.6. The summed E-state index contributed by atoms with van der Waals surface area (Å²) in [6, 6.07) is 0. The van der Waals surface area contributed by atoms with Crippen LogP contribution in [0.25, 0.3) is 0 Å². The number of guanidine groups is 1. The molecule has 19 heavy (non-hydrogen) atoms. The number of halogens is 1. The second-order valence-electron chi connectivity index (χ2n) is 5.71. The van der Waals surface area contributed by atoms with Crippen molar-refractivity contribution in [1.82, 2.24) is 9.80 Å². The van der Waals surface area contributed by atoms with Gasteiger partial charge < -0.3 is 14.5 Å². The molecular formula is C14H30IN3O. The monoisotopic (exact) mass is 383 g/mol. The zero-order valence-electron chi connectivity index (χ0n) is 13.1. The third kappa shape index (κ3) is 5.85. The Morgan fingerprint density at radius 2 is 1.74 bits per heavy atom. The summed E-state index contributed by atoms with van der Waals surface area (Å²) in [5.41, 5.74) is 0.409. The molecule has 1 aliphatic carbocycles. The molecule has 0 aromatic carbocycles. The summed E-state index contributed by atoms with van der Waals surface area (Å²) in [5, 5.41) is 0. The summed E-state index contributed by atoms with van der Waals surface area (Å²) < 4.78 is 5.50. The van der Waals surface area contributed by atoms with Crippen molar-refractivity contribution in [3.63, 3.8) is 0 Å². The van der Waals surface area contributed by atoms with E-state index >= 15 is 0 Å². The topological polar surface area (TPSA) is 28.1 Å². The van der Waals surface area contributed by atoms with Crippen molar-refractivity contribution in [2.24, 2.45) is 10.4 Å². The van der Waals surface area contributed by atoms with Crippen LogP contribution in [0.2, 0.25) is 0 Å². The second kappa shape index (κ2) is 9.00. The largest absolute Gasteiger partial charge is 0.382 e. The third-order valence-corrected chi connectivity index (χ3v) is 3.75. The molecule has 0 aromatic rings. The van der Waals surface area contributed by atoms with Crippen LogP contribution in [-0.4, -0.2) is 63.7 Å². The molecule has 0 unspecified atom stereocenters. The van der Waals surface area contributed by atoms with E-state index in [9.17, 15) is 0 Å². The minimum atomic E-state index is 0. The van der Waals surface area contributed by atoms with E-state index < -0.39 is 0 Å². The Morgan fingerprint density at radius 3 is 2.11 bits per heavy atom. The van der Waals surface area contributed by atoms with Gasteiger partial charge in [-0.25, -0.2) is 0 Å². The fraction of sp³-hybridized carbons (Fsp3) is 0.929. The van der Waals surface area contributed by atoms with Crippen LogP contribution >= 0.6 is 24.0 Å². The van der Waals surface area contributed by atoms with Crippen LogP contribution in [0.1, 0.15) is 32.6 Å². The van der Waals surface area contributed by atoms with E-state index in [-0.39, 0.29) is 24.0 Å². The standard InChI is InChI=1S/C14H29N3O.HI/c1-6-18-11-10-14(8-7-9-14)12-15-13(16(2)3)17(4)5;/h6-12H2,1-5H3;1H. The highest BCUT2D eigenvalue weighted by atomic mass is 127. The van der Waals surface area contributed by atoms with E-state index in [4.69, 9.17) is 9.73 Å². The van der Waals surface area contributed by atoms with Crippen LogP contribution in [0.4, 0.5) is 0 Å². The lowest BCUT2D eigenvalue weighted by molar-refractivity contribution is 0.0606. The number of hydrogen-bond acceptors (Lipinski definition) is 2. The fourth-order valence-corrected chi connectivity index (χ4v) is 2.52. The summed E-state index contributed by atoms with van der Waals surface area (Å²) in [4.78, 5) is 8.97. The molecule has 0 spiro atoms. The van der Waals surface area contributed by atoms with E-state index in [0.717, 1.165) is 32.1 Å². The van der Waals surface area contributed by atoms with Crippen molar-refractivity contribution in [1.29, 1.82) is 0 Å². The van der Waals surface area contributed by atoms with Crippen LogP contribution in [0.3, 0.4) is 0 Å². The molecule has 0 amide bonds. The number of ether oxygens (including phenoxy) is 1. The SMILES string of the molecule is CCOCCC1(CN=C(N(C)C)N(C)C)CCC1.I. The quantitative estimate of drug-likeness (QED) is 0.306. The molecule has 1 saturated carbocycles. The summed E-state index contributed by atoms with van der Waals surface area (Å²) in [5.74, 6) is 1.05. The normalized spacial score (nSPS) is 16.1. The molecule has 1 rings (SSSR count). The van der Waals surface area contributed by atoms with E-state index in [1.807, 2.05) is 28.2 Å². The lowest BCUT2D eigenvalue weighted by Crippen LogP contribution is -2.39. The van der Waals surface area contributed by atoms with Gasteiger partial charge in [0.2, 0.25) is 0 Å². The van der Waals surface area contributed by atoms with Crippen molar-refractivity contribution >= 4 is 29.9 Å². The molecule has 0 aliphatic heterocycles. The maximum absolute atomic E-state index is 5.50. The molecule has 0 aromatic heterocycles. The molecule has 114 valence electrons. The first-order chi connectivity index (χ1) is 8.51. The van der Waals surface area contributed by atoms with Crippen molar-refractivity contribution in [3.8, 4) is 0 Å². The van der Waals surface area contributed by atoms with Crippen molar-refractivity contribution in [2.45, 2.75) is 32.6 Å². The van der Waals surface area contributed by atoms with Gasteiger partial charge in [-0.2, -0.15) is 0 Å². The second-order valence-corrected chi connectivity index (χ2v) is 5.71. The van der Waals surface area contributed by atoms with Crippen LogP contribution < -0.4 is 0 Å². The average Bonchev–Trinajstić information content (AvgIpc) is 2.24. The molecule has 1 fully saturated rings. The van der Waals surface area contributed by atoms with E-state index in [1.165, 1.54) is 19.3 Å². The lowest BCUT2D eigenvalue weighted by Gasteiger charge is -2.41. The van der Waals surface area contributed by atoms with Gasteiger partial charge in [-0.3, -0.25) is 4.99 Å². The maximum atomic E-state index is 5.50. The molecule has 0 saturated heterocycles. The fourth-order valence-electron chi connectivity index (χ4n) is 2.52. The highest BCUT2D eigenvalue weighted by molar-refractivity contribution is 14.0. The zero-order valence-corrected chi connectivity index (χ0v) is 15.4. The Kier molecular flexibility index (Phi) is 8.98. The Hall–Kier alpha value is -0.0400.